The Morgan fingerprint density at radius 2 is 1.67 bits per heavy atom. The van der Waals surface area contributed by atoms with E-state index in [1.807, 2.05) is 25.1 Å². The summed E-state index contributed by atoms with van der Waals surface area (Å²) in [5.74, 6) is 1.33. The molecular weight excluding hydrogens is 228 g/mol. The second-order valence-electron chi connectivity index (χ2n) is 3.96. The van der Waals surface area contributed by atoms with Gasteiger partial charge in [-0.1, -0.05) is 12.1 Å². The molecule has 0 saturated carbocycles. The van der Waals surface area contributed by atoms with Gasteiger partial charge in [-0.2, -0.15) is 0 Å². The van der Waals surface area contributed by atoms with Gasteiger partial charge in [0.25, 0.3) is 0 Å². The highest BCUT2D eigenvalue weighted by Crippen LogP contribution is 2.24. The van der Waals surface area contributed by atoms with Crippen LogP contribution in [0.15, 0.2) is 42.5 Å². The van der Waals surface area contributed by atoms with Gasteiger partial charge in [0.2, 0.25) is 6.79 Å². The number of hydrogen-bond acceptors (Lipinski definition) is 4. The highest BCUT2D eigenvalue weighted by Gasteiger charge is 2.02. The molecule has 2 rings (SSSR count). The predicted molar refractivity (Wildman–Crippen MR) is 72.6 cm³/mol. The number of hydrogen-bond donors (Lipinski definition) is 2. The molecule has 0 saturated heterocycles. The lowest BCUT2D eigenvalue weighted by molar-refractivity contribution is 0.120. The second kappa shape index (κ2) is 5.31. The number of nitrogen functional groups attached to an aromatic ring is 2. The molecule has 0 fully saturated rings. The zero-order chi connectivity index (χ0) is 13.0. The Labute approximate surface area is 106 Å². The van der Waals surface area contributed by atoms with Gasteiger partial charge in [0.05, 0.1) is 5.69 Å². The van der Waals surface area contributed by atoms with Crippen molar-refractivity contribution in [3.63, 3.8) is 0 Å². The van der Waals surface area contributed by atoms with Gasteiger partial charge in [0.1, 0.15) is 11.5 Å². The lowest BCUT2D eigenvalue weighted by Crippen LogP contribution is -2.07. The topological polar surface area (TPSA) is 70.5 Å². The number of para-hydroxylation sites is 1. The molecule has 4 heteroatoms. The third kappa shape index (κ3) is 2.85. The molecule has 4 N–H and O–H groups in total. The average molecular weight is 244 g/mol. The summed E-state index contributed by atoms with van der Waals surface area (Å²) in [5, 5.41) is 0. The quantitative estimate of drug-likeness (QED) is 0.640. The zero-order valence-electron chi connectivity index (χ0n) is 10.2. The fraction of sp³-hybridized carbons (Fsp3) is 0.143. The highest BCUT2D eigenvalue weighted by molar-refractivity contribution is 5.57. The van der Waals surface area contributed by atoms with E-state index < -0.39 is 0 Å². The molecule has 2 aromatic carbocycles. The first-order chi connectivity index (χ1) is 8.66. The molecule has 4 nitrogen and oxygen atoms in total. The Kier molecular flexibility index (Phi) is 3.57. The summed E-state index contributed by atoms with van der Waals surface area (Å²) in [5.41, 5.74) is 13.8. The fourth-order valence-electron chi connectivity index (χ4n) is 1.50. The first-order valence-corrected chi connectivity index (χ1v) is 5.63. The molecule has 18 heavy (non-hydrogen) atoms. The molecule has 94 valence electrons. The van der Waals surface area contributed by atoms with Crippen LogP contribution in [-0.4, -0.2) is 6.79 Å². The van der Waals surface area contributed by atoms with E-state index in [1.165, 1.54) is 0 Å². The molecule has 0 unspecified atom stereocenters. The molecular formula is C14H16N2O2. The monoisotopic (exact) mass is 244 g/mol. The highest BCUT2D eigenvalue weighted by atomic mass is 16.7. The summed E-state index contributed by atoms with van der Waals surface area (Å²) in [6.07, 6.45) is 0. The molecule has 0 aliphatic rings. The van der Waals surface area contributed by atoms with Crippen LogP contribution < -0.4 is 20.9 Å². The first kappa shape index (κ1) is 12.1. The number of benzene rings is 2. The number of rotatable bonds is 4. The fourth-order valence-corrected chi connectivity index (χ4v) is 1.50. The summed E-state index contributed by atoms with van der Waals surface area (Å²) in [7, 11) is 0. The van der Waals surface area contributed by atoms with Gasteiger partial charge in [0, 0.05) is 5.69 Å². The van der Waals surface area contributed by atoms with Crippen molar-refractivity contribution in [2.24, 2.45) is 0 Å². The molecule has 0 spiro atoms. The average Bonchev–Trinajstić information content (AvgIpc) is 2.37. The van der Waals surface area contributed by atoms with Gasteiger partial charge in [-0.05, 0) is 42.8 Å². The molecule has 0 heterocycles. The number of ether oxygens (including phenoxy) is 2. The Bertz CT molecular complexity index is 524. The third-order valence-electron chi connectivity index (χ3n) is 2.60. The third-order valence-corrected chi connectivity index (χ3v) is 2.60. The lowest BCUT2D eigenvalue weighted by Gasteiger charge is -2.11. The molecule has 0 aromatic heterocycles. The van der Waals surface area contributed by atoms with E-state index >= 15 is 0 Å². The van der Waals surface area contributed by atoms with Crippen LogP contribution in [0, 0.1) is 6.92 Å². The number of anilines is 2. The minimum Gasteiger partial charge on any atom is -0.457 e. The molecule has 2 aromatic rings. The maximum Gasteiger partial charge on any atom is 0.230 e. The van der Waals surface area contributed by atoms with E-state index in [0.29, 0.717) is 22.9 Å². The maximum absolute atomic E-state index is 5.88. The number of nitrogens with two attached hydrogens (primary N) is 2. The first-order valence-electron chi connectivity index (χ1n) is 5.63. The van der Waals surface area contributed by atoms with Crippen molar-refractivity contribution in [2.45, 2.75) is 6.92 Å². The van der Waals surface area contributed by atoms with E-state index in [1.54, 1.807) is 24.3 Å². The second-order valence-corrected chi connectivity index (χ2v) is 3.96. The van der Waals surface area contributed by atoms with Crippen LogP contribution >= 0.6 is 0 Å². The smallest absolute Gasteiger partial charge is 0.230 e. The van der Waals surface area contributed by atoms with E-state index in [4.69, 9.17) is 20.9 Å². The SMILES string of the molecule is Cc1cccc(OCOc2ccc(N)cc2)c1N. The minimum absolute atomic E-state index is 0.109. The van der Waals surface area contributed by atoms with Crippen molar-refractivity contribution < 1.29 is 9.47 Å². The molecule has 0 aliphatic carbocycles. The van der Waals surface area contributed by atoms with Crippen LogP contribution in [0.5, 0.6) is 11.5 Å². The van der Waals surface area contributed by atoms with E-state index in [2.05, 4.69) is 0 Å². The van der Waals surface area contributed by atoms with Crippen molar-refractivity contribution in [1.82, 2.24) is 0 Å². The lowest BCUT2D eigenvalue weighted by atomic mass is 10.2. The van der Waals surface area contributed by atoms with E-state index in [0.717, 1.165) is 5.56 Å². The van der Waals surface area contributed by atoms with Crippen molar-refractivity contribution >= 4 is 11.4 Å². The Hall–Kier alpha value is -2.36. The van der Waals surface area contributed by atoms with E-state index in [9.17, 15) is 0 Å². The Balaban J connectivity index is 1.92. The van der Waals surface area contributed by atoms with Crippen LogP contribution in [0.25, 0.3) is 0 Å². The molecule has 0 radical (unpaired) electrons. The molecule has 0 atom stereocenters. The summed E-state index contributed by atoms with van der Waals surface area (Å²) < 4.78 is 10.9. The van der Waals surface area contributed by atoms with Crippen molar-refractivity contribution in [3.8, 4) is 11.5 Å². The minimum atomic E-state index is 0.109. The maximum atomic E-state index is 5.88. The van der Waals surface area contributed by atoms with Crippen LogP contribution in [0.3, 0.4) is 0 Å². The largest absolute Gasteiger partial charge is 0.457 e. The molecule has 0 amide bonds. The van der Waals surface area contributed by atoms with Gasteiger partial charge in [0.15, 0.2) is 0 Å². The molecule has 0 aliphatic heterocycles. The predicted octanol–water partition coefficient (Wildman–Crippen LogP) is 2.57. The normalized spacial score (nSPS) is 10.1. The van der Waals surface area contributed by atoms with Gasteiger partial charge in [-0.3, -0.25) is 0 Å². The summed E-state index contributed by atoms with van der Waals surface area (Å²) in [4.78, 5) is 0. The van der Waals surface area contributed by atoms with Gasteiger partial charge >= 0.3 is 0 Å². The zero-order valence-corrected chi connectivity index (χ0v) is 10.2. The van der Waals surface area contributed by atoms with Crippen molar-refractivity contribution in [2.75, 3.05) is 18.3 Å². The standard InChI is InChI=1S/C14H16N2O2/c1-10-3-2-4-13(14(10)16)18-9-17-12-7-5-11(15)6-8-12/h2-8H,9,15-16H2,1H3. The van der Waals surface area contributed by atoms with Crippen LogP contribution in [0.4, 0.5) is 11.4 Å². The van der Waals surface area contributed by atoms with Gasteiger partial charge in [-0.15, -0.1) is 0 Å². The van der Waals surface area contributed by atoms with Crippen LogP contribution in [0.1, 0.15) is 5.56 Å². The van der Waals surface area contributed by atoms with Crippen LogP contribution in [-0.2, 0) is 0 Å². The molecule has 0 bridgehead atoms. The summed E-state index contributed by atoms with van der Waals surface area (Å²) >= 11 is 0. The summed E-state index contributed by atoms with van der Waals surface area (Å²) in [6.45, 7) is 2.04. The van der Waals surface area contributed by atoms with E-state index in [-0.39, 0.29) is 6.79 Å². The van der Waals surface area contributed by atoms with Crippen molar-refractivity contribution in [1.29, 1.82) is 0 Å². The van der Waals surface area contributed by atoms with Gasteiger partial charge in [-0.25, -0.2) is 0 Å². The van der Waals surface area contributed by atoms with Gasteiger partial charge < -0.3 is 20.9 Å². The van der Waals surface area contributed by atoms with Crippen LogP contribution in [0.2, 0.25) is 0 Å². The number of aryl methyl sites for hydroxylation is 1. The van der Waals surface area contributed by atoms with Crippen molar-refractivity contribution in [3.05, 3.63) is 48.0 Å². The summed E-state index contributed by atoms with van der Waals surface area (Å²) in [6, 6.07) is 12.8. The Morgan fingerprint density at radius 1 is 0.944 bits per heavy atom. The Morgan fingerprint density at radius 3 is 2.39 bits per heavy atom.